The first-order valence-electron chi connectivity index (χ1n) is 9.30. The third-order valence-corrected chi connectivity index (χ3v) is 5.68. The van der Waals surface area contributed by atoms with Crippen molar-refractivity contribution in [2.45, 2.75) is 57.7 Å². The molecule has 4 rings (SSSR count). The minimum absolute atomic E-state index is 0.0313. The molecular weight excluding hydrogens is 330 g/mol. The van der Waals surface area contributed by atoms with E-state index in [4.69, 9.17) is 5.73 Å². The summed E-state index contributed by atoms with van der Waals surface area (Å²) in [7, 11) is 0. The third kappa shape index (κ3) is 2.71. The van der Waals surface area contributed by atoms with Gasteiger partial charge in [-0.2, -0.15) is 0 Å². The highest BCUT2D eigenvalue weighted by molar-refractivity contribution is 6.06. The molecule has 2 aliphatic heterocycles. The molecule has 26 heavy (non-hydrogen) atoms. The number of carbonyl (C=O) groups is 2. The maximum Gasteiger partial charge on any atom is 0.252 e. The molecule has 7 heteroatoms. The van der Waals surface area contributed by atoms with E-state index in [0.29, 0.717) is 5.56 Å². The van der Waals surface area contributed by atoms with Gasteiger partial charge in [0.15, 0.2) is 0 Å². The monoisotopic (exact) mass is 355 g/mol. The second kappa shape index (κ2) is 6.30. The average molecular weight is 355 g/mol. The van der Waals surface area contributed by atoms with Gasteiger partial charge in [0.2, 0.25) is 5.91 Å². The van der Waals surface area contributed by atoms with Gasteiger partial charge in [0.05, 0.1) is 11.3 Å². The summed E-state index contributed by atoms with van der Waals surface area (Å²) in [4.78, 5) is 33.8. The van der Waals surface area contributed by atoms with E-state index in [-0.39, 0.29) is 30.0 Å². The lowest BCUT2D eigenvalue weighted by atomic mass is 9.95. The molecule has 4 N–H and O–H groups in total. The number of rotatable bonds is 4. The normalized spacial score (nSPS) is 25.0. The Morgan fingerprint density at radius 1 is 1.31 bits per heavy atom. The number of nitrogens with zero attached hydrogens (tertiary/aromatic N) is 2. The van der Waals surface area contributed by atoms with Crippen LogP contribution in [-0.4, -0.2) is 44.8 Å². The smallest absolute Gasteiger partial charge is 0.252 e. The van der Waals surface area contributed by atoms with Gasteiger partial charge in [-0.1, -0.05) is 13.8 Å². The third-order valence-electron chi connectivity index (χ3n) is 5.68. The van der Waals surface area contributed by atoms with Crippen molar-refractivity contribution in [3.8, 4) is 0 Å². The van der Waals surface area contributed by atoms with Crippen LogP contribution in [-0.2, 0) is 4.79 Å². The van der Waals surface area contributed by atoms with Crippen molar-refractivity contribution in [3.05, 3.63) is 24.0 Å². The van der Waals surface area contributed by atoms with Crippen LogP contribution >= 0.6 is 0 Å². The summed E-state index contributed by atoms with van der Waals surface area (Å²) in [5.41, 5.74) is 7.44. The van der Waals surface area contributed by atoms with Crippen LogP contribution in [0.2, 0.25) is 0 Å². The first-order chi connectivity index (χ1) is 12.5. The fourth-order valence-corrected chi connectivity index (χ4v) is 4.51. The number of piperidine rings is 1. The van der Waals surface area contributed by atoms with Crippen molar-refractivity contribution < 1.29 is 9.59 Å². The number of hydrogen-bond donors (Lipinski definition) is 3. The quantitative estimate of drug-likeness (QED) is 0.782. The number of amides is 2. The van der Waals surface area contributed by atoms with E-state index in [1.54, 1.807) is 6.20 Å². The summed E-state index contributed by atoms with van der Waals surface area (Å²) in [6, 6.07) is 2.68. The zero-order valence-corrected chi connectivity index (χ0v) is 15.2. The van der Waals surface area contributed by atoms with Gasteiger partial charge in [0.1, 0.15) is 5.65 Å². The standard InChI is InChI=1S/C19H25N5O2/c1-10(2)19(26)24-12-3-4-13(24)8-11(7-12)23-16-14-5-6-21-18(14)22-9-15(16)17(20)25/h5-6,9-13H,3-4,7-8H2,1-2H3,(H2,20,25)(H2,21,22,23)/t12-,13-/m0/s1. The van der Waals surface area contributed by atoms with Gasteiger partial charge in [0, 0.05) is 41.8 Å². The lowest BCUT2D eigenvalue weighted by molar-refractivity contribution is -0.139. The van der Waals surface area contributed by atoms with E-state index in [0.717, 1.165) is 42.4 Å². The van der Waals surface area contributed by atoms with Gasteiger partial charge < -0.3 is 20.9 Å². The number of H-pyrrole nitrogens is 1. The van der Waals surface area contributed by atoms with Gasteiger partial charge >= 0.3 is 0 Å². The van der Waals surface area contributed by atoms with E-state index < -0.39 is 5.91 Å². The number of pyridine rings is 1. The molecule has 2 fully saturated rings. The average Bonchev–Trinajstić information content (AvgIpc) is 3.17. The number of aromatic amines is 1. The lowest BCUT2D eigenvalue weighted by Crippen LogP contribution is -2.51. The Morgan fingerprint density at radius 2 is 2.00 bits per heavy atom. The minimum Gasteiger partial charge on any atom is -0.381 e. The first-order valence-corrected chi connectivity index (χ1v) is 9.30. The molecule has 0 aromatic carbocycles. The van der Waals surface area contributed by atoms with E-state index in [2.05, 4.69) is 20.2 Å². The summed E-state index contributed by atoms with van der Waals surface area (Å²) in [6.07, 6.45) is 7.22. The number of aromatic nitrogens is 2. The zero-order valence-electron chi connectivity index (χ0n) is 15.2. The van der Waals surface area contributed by atoms with Gasteiger partial charge in [-0.25, -0.2) is 4.98 Å². The Labute approximate surface area is 152 Å². The molecule has 2 aliphatic rings. The highest BCUT2D eigenvalue weighted by Crippen LogP contribution is 2.38. The predicted octanol–water partition coefficient (Wildman–Crippen LogP) is 2.25. The fourth-order valence-electron chi connectivity index (χ4n) is 4.51. The molecule has 0 spiro atoms. The summed E-state index contributed by atoms with van der Waals surface area (Å²) in [5, 5.41) is 4.42. The number of nitrogens with one attached hydrogen (secondary N) is 2. The fraction of sp³-hybridized carbons (Fsp3) is 0.526. The number of carbonyl (C=O) groups excluding carboxylic acids is 2. The Morgan fingerprint density at radius 3 is 2.62 bits per heavy atom. The van der Waals surface area contributed by atoms with Crippen LogP contribution in [0.4, 0.5) is 5.69 Å². The molecule has 2 bridgehead atoms. The molecule has 2 aromatic rings. The second-order valence-electron chi connectivity index (χ2n) is 7.75. The van der Waals surface area contributed by atoms with Crippen LogP contribution in [0.1, 0.15) is 49.9 Å². The highest BCUT2D eigenvalue weighted by Gasteiger charge is 2.43. The van der Waals surface area contributed by atoms with E-state index in [9.17, 15) is 9.59 Å². The van der Waals surface area contributed by atoms with Crippen molar-refractivity contribution in [2.75, 3.05) is 5.32 Å². The van der Waals surface area contributed by atoms with Crippen LogP contribution < -0.4 is 11.1 Å². The Hall–Kier alpha value is -2.57. The van der Waals surface area contributed by atoms with Crippen molar-refractivity contribution in [3.63, 3.8) is 0 Å². The van der Waals surface area contributed by atoms with Gasteiger partial charge in [-0.05, 0) is 31.7 Å². The molecule has 0 radical (unpaired) electrons. The van der Waals surface area contributed by atoms with Crippen molar-refractivity contribution in [1.29, 1.82) is 0 Å². The molecule has 0 unspecified atom stereocenters. The van der Waals surface area contributed by atoms with E-state index in [1.165, 1.54) is 6.20 Å². The number of anilines is 1. The Kier molecular flexibility index (Phi) is 4.09. The number of fused-ring (bicyclic) bond motifs is 3. The number of nitrogens with two attached hydrogens (primary N) is 1. The zero-order chi connectivity index (χ0) is 18.4. The molecule has 4 heterocycles. The van der Waals surface area contributed by atoms with Gasteiger partial charge in [0.25, 0.3) is 5.91 Å². The van der Waals surface area contributed by atoms with Crippen molar-refractivity contribution in [1.82, 2.24) is 14.9 Å². The molecule has 0 saturated carbocycles. The maximum absolute atomic E-state index is 12.5. The summed E-state index contributed by atoms with van der Waals surface area (Å²) < 4.78 is 0. The highest BCUT2D eigenvalue weighted by atomic mass is 16.2. The predicted molar refractivity (Wildman–Crippen MR) is 99.8 cm³/mol. The van der Waals surface area contributed by atoms with E-state index >= 15 is 0 Å². The van der Waals surface area contributed by atoms with Crippen molar-refractivity contribution in [2.24, 2.45) is 11.7 Å². The first kappa shape index (κ1) is 16.9. The minimum atomic E-state index is -0.488. The molecule has 0 aliphatic carbocycles. The summed E-state index contributed by atoms with van der Waals surface area (Å²) in [6.45, 7) is 3.93. The lowest BCUT2D eigenvalue weighted by Gasteiger charge is -2.40. The van der Waals surface area contributed by atoms with Gasteiger partial charge in [-0.15, -0.1) is 0 Å². The van der Waals surface area contributed by atoms with Crippen molar-refractivity contribution >= 4 is 28.5 Å². The molecule has 2 aromatic heterocycles. The Balaban J connectivity index is 1.59. The molecule has 2 amide bonds. The number of primary amides is 1. The summed E-state index contributed by atoms with van der Waals surface area (Å²) in [5.74, 6) is -0.201. The summed E-state index contributed by atoms with van der Waals surface area (Å²) >= 11 is 0. The van der Waals surface area contributed by atoms with Crippen LogP contribution in [0.25, 0.3) is 11.0 Å². The van der Waals surface area contributed by atoms with E-state index in [1.807, 2.05) is 19.9 Å². The Bertz CT molecular complexity index is 845. The SMILES string of the molecule is CC(C)C(=O)N1[C@H]2CC[C@H]1CC(Nc1c(C(N)=O)cnc3[nH]ccc13)C2. The molecular formula is C19H25N5O2. The van der Waals surface area contributed by atoms with Crippen LogP contribution in [0, 0.1) is 5.92 Å². The van der Waals surface area contributed by atoms with Crippen LogP contribution in [0.15, 0.2) is 18.5 Å². The van der Waals surface area contributed by atoms with Crippen LogP contribution in [0.3, 0.4) is 0 Å². The number of hydrogen-bond acceptors (Lipinski definition) is 4. The molecule has 138 valence electrons. The largest absolute Gasteiger partial charge is 0.381 e. The molecule has 2 atom stereocenters. The topological polar surface area (TPSA) is 104 Å². The molecule has 7 nitrogen and oxygen atoms in total. The maximum atomic E-state index is 12.5. The van der Waals surface area contributed by atoms with Gasteiger partial charge in [-0.3, -0.25) is 9.59 Å². The second-order valence-corrected chi connectivity index (χ2v) is 7.75. The van der Waals surface area contributed by atoms with Crippen LogP contribution in [0.5, 0.6) is 0 Å². The molecule has 2 saturated heterocycles.